The first-order valence-corrected chi connectivity index (χ1v) is 37.7. The van der Waals surface area contributed by atoms with Crippen molar-refractivity contribution in [2.75, 3.05) is 32.9 Å². The Morgan fingerprint density at radius 2 is 0.862 bits per heavy atom. The van der Waals surface area contributed by atoms with Gasteiger partial charge in [0.1, 0.15) is 96.2 Å². The Balaban J connectivity index is 0.000000106. The molecule has 10 saturated heterocycles. The summed E-state index contributed by atoms with van der Waals surface area (Å²) >= 11 is 14.0. The standard InChI is InChI=1S/2C20H24ClO8P.C20H24O6.C5H11N.2Na.H2/c2*1-8(2)18-13(21)14-20(27-14)17(3)5-4-9-10(7-25-15(9)22)11(17)6-12-19(20,26-12)16(18)28-30(23,24)29-18;1-8(2)18-13(25-18)14-20(26-14)17(3)5-4-9-10(7-23-15(9)21)11(17)6-12-19(20,24-12)16(18)22;1-2-4-6-5-3-1;;;/h2*8,11-14,16H,4-7H2,1-3H3,(H,23,24);8,11-14,16,22H,4-7H2,1-3H3;6H,1-5H2;;;1H/q;;;;2*+1;/p-2/t2*11-,12-,13+,14?,16+,17-,18+,19+,20+;11-,12-,13-,14?,16+,17-,18-,19+,20+;;;;/m000..../s1/i;;;;;;1+2. The average Bonchev–Trinajstić information content (AvgIpc) is 1.43. The summed E-state index contributed by atoms with van der Waals surface area (Å²) in [6.45, 7) is 22.0. The van der Waals surface area contributed by atoms with E-state index in [0.717, 1.165) is 65.5 Å². The zero-order valence-electron chi connectivity index (χ0n) is 55.1. The number of cyclic esters (lactones) is 3. The molecule has 6 spiro atoms. The van der Waals surface area contributed by atoms with Gasteiger partial charge in [0.2, 0.25) is 0 Å². The number of epoxide rings is 7. The van der Waals surface area contributed by atoms with E-state index in [0.29, 0.717) is 45.5 Å². The number of phosphoric ester groups is 2. The number of carbonyl (C=O) groups is 3. The molecular weight excluding hydrogens is 1330 g/mol. The minimum atomic E-state index is -4.52. The normalized spacial score (nSPS) is 58.6. The van der Waals surface area contributed by atoms with E-state index in [9.17, 15) is 38.4 Å². The van der Waals surface area contributed by atoms with Gasteiger partial charge in [0.25, 0.3) is 15.6 Å². The monoisotopic (exact) mass is 1410 g/mol. The molecule has 506 valence electrons. The van der Waals surface area contributed by atoms with Crippen LogP contribution in [0.3, 0.4) is 0 Å². The summed E-state index contributed by atoms with van der Waals surface area (Å²) in [5.74, 6) is -0.448. The van der Waals surface area contributed by atoms with Gasteiger partial charge in [-0.1, -0.05) is 68.7 Å². The molecule has 0 aromatic rings. The van der Waals surface area contributed by atoms with E-state index in [1.54, 1.807) is 0 Å². The van der Waals surface area contributed by atoms with Crippen LogP contribution in [-0.2, 0) is 89.0 Å². The molecule has 16 fully saturated rings. The second kappa shape index (κ2) is 20.3. The number of aliphatic hydroxyl groups is 1. The average molecular weight is 1410 g/mol. The van der Waals surface area contributed by atoms with Gasteiger partial charge < -0.3 is 85.7 Å². The van der Waals surface area contributed by atoms with Gasteiger partial charge >= 0.3 is 77.0 Å². The number of hydrogen-bond donors (Lipinski definition) is 2. The fraction of sp³-hybridized carbons (Fsp3) is 0.862. The molecule has 0 bridgehead atoms. The fourth-order valence-corrected chi connectivity index (χ4v) is 28.6. The van der Waals surface area contributed by atoms with E-state index in [4.69, 9.17) is 88.7 Å². The Morgan fingerprint density at radius 3 is 1.21 bits per heavy atom. The van der Waals surface area contributed by atoms with Crippen LogP contribution in [0.2, 0.25) is 0 Å². The van der Waals surface area contributed by atoms with Crippen molar-refractivity contribution in [2.45, 2.75) is 262 Å². The van der Waals surface area contributed by atoms with E-state index >= 15 is 0 Å². The first kappa shape index (κ1) is 67.3. The molecule has 29 atom stereocenters. The number of alkyl halides is 2. The molecule has 6 saturated carbocycles. The van der Waals surface area contributed by atoms with Crippen molar-refractivity contribution in [3.8, 4) is 0 Å². The Kier molecular flexibility index (Phi) is 14.5. The van der Waals surface area contributed by atoms with Crippen LogP contribution in [0.5, 0.6) is 0 Å². The number of nitrogens with one attached hydrogen (secondary N) is 1. The number of rotatable bonds is 3. The predicted octanol–water partition coefficient (Wildman–Crippen LogP) is -0.214. The zero-order valence-corrected chi connectivity index (χ0v) is 62.4. The number of fused-ring (bicyclic) bond motifs is 10. The molecular formula is C65H83Cl2NNa2O22P2. The van der Waals surface area contributed by atoms with Crippen LogP contribution < -0.4 is 74.2 Å². The van der Waals surface area contributed by atoms with Gasteiger partial charge in [-0.15, -0.1) is 23.2 Å². The molecule has 5 unspecified atom stereocenters. The summed E-state index contributed by atoms with van der Waals surface area (Å²) in [5.41, 5.74) is -2.63. The van der Waals surface area contributed by atoms with Crippen molar-refractivity contribution < 1.29 is 164 Å². The van der Waals surface area contributed by atoms with Crippen molar-refractivity contribution >= 4 is 56.8 Å². The predicted molar refractivity (Wildman–Crippen MR) is 315 cm³/mol. The van der Waals surface area contributed by atoms with Crippen LogP contribution in [0.1, 0.15) is 141 Å². The summed E-state index contributed by atoms with van der Waals surface area (Å²) in [6.07, 6.45) is 6.95. The molecule has 2 N–H and O–H groups in total. The largest absolute Gasteiger partial charge is 1.00 e. The van der Waals surface area contributed by atoms with Crippen molar-refractivity contribution in [3.05, 3.63) is 33.4 Å². The van der Waals surface area contributed by atoms with Crippen LogP contribution in [0.25, 0.3) is 0 Å². The first-order valence-electron chi connectivity index (χ1n) is 33.9. The molecule has 29 heteroatoms. The Bertz CT molecular complexity index is 3490. The number of aliphatic hydroxyl groups excluding tert-OH is 1. The van der Waals surface area contributed by atoms with E-state index in [2.05, 4.69) is 39.9 Å². The summed E-state index contributed by atoms with van der Waals surface area (Å²) in [5, 5.41) is 13.3. The maximum absolute atomic E-state index is 12.5. The van der Waals surface area contributed by atoms with Crippen LogP contribution in [0.15, 0.2) is 33.4 Å². The third kappa shape index (κ3) is 7.36. The van der Waals surface area contributed by atoms with Gasteiger partial charge in [-0.2, -0.15) is 0 Å². The molecule has 22 aliphatic rings. The summed E-state index contributed by atoms with van der Waals surface area (Å²) in [7, 11) is -9.04. The third-order valence-corrected chi connectivity index (χ3v) is 32.0. The quantitative estimate of drug-likeness (QED) is 0.0922. The maximum Gasteiger partial charge on any atom is 1.00 e. The van der Waals surface area contributed by atoms with Gasteiger partial charge in [-0.25, -0.2) is 14.4 Å². The van der Waals surface area contributed by atoms with Gasteiger partial charge in [0, 0.05) is 34.4 Å². The molecule has 23 nitrogen and oxygen atoms in total. The van der Waals surface area contributed by atoms with Gasteiger partial charge in [0.15, 0.2) is 16.8 Å². The molecule has 0 aromatic heterocycles. The second-order valence-electron chi connectivity index (χ2n) is 32.5. The summed E-state index contributed by atoms with van der Waals surface area (Å²) in [4.78, 5) is 61.5. The smallest absolute Gasteiger partial charge is 0.756 e. The van der Waals surface area contributed by atoms with Crippen molar-refractivity contribution in [1.29, 1.82) is 0 Å². The summed E-state index contributed by atoms with van der Waals surface area (Å²) in [6, 6.07) is 0. The van der Waals surface area contributed by atoms with E-state index in [1.165, 1.54) is 32.4 Å². The fourth-order valence-electron chi connectivity index (χ4n) is 24.3. The van der Waals surface area contributed by atoms with Gasteiger partial charge in [-0.3, -0.25) is 9.13 Å². The first-order chi connectivity index (χ1) is 43.4. The van der Waals surface area contributed by atoms with Gasteiger partial charge in [-0.05, 0) is 136 Å². The topological polar surface area (TPSA) is 316 Å². The van der Waals surface area contributed by atoms with Crippen molar-refractivity contribution in [2.24, 2.45) is 51.8 Å². The molecule has 9 aliphatic carbocycles. The minimum Gasteiger partial charge on any atom is -0.756 e. The number of hydrogen-bond acceptors (Lipinski definition) is 23. The van der Waals surface area contributed by atoms with Crippen LogP contribution >= 0.6 is 38.8 Å². The maximum atomic E-state index is 12.5. The number of carbonyl (C=O) groups excluding carboxylic acids is 3. The SMILES string of the molecule is C1CCNCC1.CC(C)[C@]12OP(=O)([O-])O[C@H]1[C@]13O[C@H]1C[C@H]1C4=C(CC[C@]1(C)[C@@]31OC1[C@H]2Cl)C(=O)OC4.CC(C)[C@]12OP(=O)([O-])O[C@H]1[C@]13O[C@H]1C[C@H]1C4=C(CC[C@]1(C)[C@@]31OC1[C@H]2Cl)C(=O)OC4.CC(C)[C@]12O[C@H]1C1O[C@]13[C@]1(O[C@H]1C[C@H]1C4=C(CC[C@@]13C)C(=O)OC4)[C@@H]2O.[3HH].[Na+].[Na+]. The molecule has 0 amide bonds. The zero-order chi connectivity index (χ0) is 64.2. The summed E-state index contributed by atoms with van der Waals surface area (Å²) < 4.78 is 108. The molecule has 0 radical (unpaired) electrons. The third-order valence-electron chi connectivity index (χ3n) is 28.9. The molecule has 94 heavy (non-hydrogen) atoms. The minimum absolute atomic E-state index is 0. The van der Waals surface area contributed by atoms with Crippen molar-refractivity contribution in [3.63, 3.8) is 0 Å². The number of phosphoric acid groups is 2. The Hall–Kier alpha value is 0.0700. The molecule has 0 aromatic carbocycles. The number of piperidine rings is 1. The van der Waals surface area contributed by atoms with E-state index < -0.39 is 107 Å². The number of ether oxygens (including phenoxy) is 10. The molecule has 13 heterocycles. The van der Waals surface area contributed by atoms with E-state index in [-0.39, 0.29) is 161 Å². The van der Waals surface area contributed by atoms with Crippen LogP contribution in [0, 0.1) is 51.8 Å². The Labute approximate surface area is 601 Å². The molecule has 13 aliphatic heterocycles. The van der Waals surface area contributed by atoms with Crippen LogP contribution in [-0.4, -0.2) is 178 Å². The van der Waals surface area contributed by atoms with E-state index in [1.807, 2.05) is 27.7 Å². The number of halogens is 2. The second-order valence-corrected chi connectivity index (χ2v) is 36.0. The molecule has 22 rings (SSSR count). The number of esters is 3. The Morgan fingerprint density at radius 1 is 0.511 bits per heavy atom. The van der Waals surface area contributed by atoms with Crippen molar-refractivity contribution in [1.82, 2.24) is 5.32 Å². The van der Waals surface area contributed by atoms with Gasteiger partial charge in [0.05, 0.1) is 29.1 Å². The van der Waals surface area contributed by atoms with Crippen LogP contribution in [0.4, 0.5) is 0 Å².